The monoisotopic (exact) mass is 824 g/mol. The van der Waals surface area contributed by atoms with Crippen LogP contribution in [0.15, 0.2) is 48.5 Å². The molecule has 0 saturated carbocycles. The van der Waals surface area contributed by atoms with Crippen LogP contribution >= 0.6 is 0 Å². The molecule has 2 unspecified atom stereocenters. The molecule has 0 heterocycles. The molecule has 0 aliphatic carbocycles. The number of ether oxygens (including phenoxy) is 6. The molecule has 0 saturated heterocycles. The van der Waals surface area contributed by atoms with Crippen molar-refractivity contribution < 1.29 is 74.9 Å². The molecule has 0 aromatic heterocycles. The molecular weight excluding hydrogens is 756 g/mol. The van der Waals surface area contributed by atoms with Crippen molar-refractivity contribution in [2.24, 2.45) is 0 Å². The molecule has 0 amide bonds. The first-order valence-corrected chi connectivity index (χ1v) is 19.8. The van der Waals surface area contributed by atoms with Crippen LogP contribution in [0.1, 0.15) is 144 Å². The Morgan fingerprint density at radius 2 is 0.755 bits per heavy atom. The zero-order chi connectivity index (χ0) is 38.5. The summed E-state index contributed by atoms with van der Waals surface area (Å²) in [5.41, 5.74) is -1.10. The van der Waals surface area contributed by atoms with E-state index in [1.807, 2.05) is 48.5 Å². The smallest absolute Gasteiger partial charge is 0.722 e. The Morgan fingerprint density at radius 1 is 0.472 bits per heavy atom. The van der Waals surface area contributed by atoms with Crippen molar-refractivity contribution in [1.82, 2.24) is 0 Å². The van der Waals surface area contributed by atoms with Gasteiger partial charge in [0.15, 0.2) is 12.6 Å². The molecule has 2 aromatic rings. The minimum Gasteiger partial charge on any atom is -0.722 e. The van der Waals surface area contributed by atoms with Crippen LogP contribution in [0, 0.1) is 0 Å². The molecule has 0 fully saturated rings. The summed E-state index contributed by atoms with van der Waals surface area (Å²) in [6.45, 7) is 19.5. The van der Waals surface area contributed by atoms with Crippen LogP contribution < -0.4 is 20.0 Å². The molecule has 11 heteroatoms. The normalized spacial score (nSPS) is 13.5. The standard InChI is InChI=1S/2C21H36O5.Zr/c2*1-5-8-14-23-19-13-11-12-18(17-19)21(4,26-22)20(24-15-9-6-2)25-16-10-7-3;/h2*11-13,17,20,22H,5-10,14-16H2,1-4H3;/q;;+2/p-2. The molecule has 0 bridgehead atoms. The van der Waals surface area contributed by atoms with Crippen molar-refractivity contribution >= 4 is 0 Å². The van der Waals surface area contributed by atoms with Crippen molar-refractivity contribution in [2.45, 2.75) is 156 Å². The summed E-state index contributed by atoms with van der Waals surface area (Å²) >= 11 is 0. The first kappa shape index (κ1) is 51.6. The van der Waals surface area contributed by atoms with E-state index in [1.165, 1.54) is 0 Å². The number of unbranched alkanes of at least 4 members (excludes halogenated alkanes) is 6. The first-order valence-electron chi connectivity index (χ1n) is 19.8. The van der Waals surface area contributed by atoms with Gasteiger partial charge in [0.25, 0.3) is 0 Å². The van der Waals surface area contributed by atoms with Gasteiger partial charge in [0, 0.05) is 26.4 Å². The first-order chi connectivity index (χ1) is 25.2. The van der Waals surface area contributed by atoms with Gasteiger partial charge in [-0.05, 0) is 87.8 Å². The summed E-state index contributed by atoms with van der Waals surface area (Å²) in [6.07, 6.45) is 10.3. The Bertz CT molecular complexity index is 1030. The molecule has 0 aliphatic rings. The van der Waals surface area contributed by atoms with E-state index in [1.54, 1.807) is 13.8 Å². The van der Waals surface area contributed by atoms with E-state index in [0.29, 0.717) is 50.8 Å². The van der Waals surface area contributed by atoms with Crippen molar-refractivity contribution in [3.8, 4) is 11.5 Å². The second kappa shape index (κ2) is 31.8. The fourth-order valence-electron chi connectivity index (χ4n) is 4.98. The molecule has 10 nitrogen and oxygen atoms in total. The molecule has 53 heavy (non-hydrogen) atoms. The van der Waals surface area contributed by atoms with Crippen molar-refractivity contribution in [3.63, 3.8) is 0 Å². The third-order valence-electron chi connectivity index (χ3n) is 8.66. The van der Waals surface area contributed by atoms with E-state index >= 15 is 0 Å². The summed E-state index contributed by atoms with van der Waals surface area (Å²) in [5, 5.41) is 23.5. The fourth-order valence-corrected chi connectivity index (χ4v) is 4.98. The Morgan fingerprint density at radius 3 is 1.02 bits per heavy atom. The quantitative estimate of drug-likeness (QED) is 0.0328. The maximum Gasteiger partial charge on any atom is 2.00 e. The predicted octanol–water partition coefficient (Wildman–Crippen LogP) is 8.66. The van der Waals surface area contributed by atoms with Crippen LogP contribution in [0.2, 0.25) is 0 Å². The van der Waals surface area contributed by atoms with Gasteiger partial charge in [-0.2, -0.15) is 0 Å². The van der Waals surface area contributed by atoms with Gasteiger partial charge in [-0.3, -0.25) is 0 Å². The third-order valence-corrected chi connectivity index (χ3v) is 8.66. The van der Waals surface area contributed by atoms with Gasteiger partial charge < -0.3 is 48.7 Å². The number of benzene rings is 2. The summed E-state index contributed by atoms with van der Waals surface area (Å²) in [6, 6.07) is 14.9. The van der Waals surface area contributed by atoms with E-state index in [4.69, 9.17) is 28.4 Å². The van der Waals surface area contributed by atoms with Gasteiger partial charge in [0.2, 0.25) is 0 Å². The van der Waals surface area contributed by atoms with Gasteiger partial charge >= 0.3 is 26.2 Å². The zero-order valence-electron chi connectivity index (χ0n) is 34.1. The van der Waals surface area contributed by atoms with Crippen molar-refractivity contribution in [2.75, 3.05) is 39.6 Å². The molecule has 2 atom stereocenters. The second-order valence-corrected chi connectivity index (χ2v) is 13.4. The predicted molar refractivity (Wildman–Crippen MR) is 202 cm³/mol. The molecular formula is C42H70O10Zr. The van der Waals surface area contributed by atoms with E-state index in [-0.39, 0.29) is 26.2 Å². The van der Waals surface area contributed by atoms with E-state index in [0.717, 1.165) is 88.5 Å². The average Bonchev–Trinajstić information content (AvgIpc) is 3.17. The summed E-state index contributed by atoms with van der Waals surface area (Å²) in [4.78, 5) is 9.34. The van der Waals surface area contributed by atoms with Crippen molar-refractivity contribution in [3.05, 3.63) is 59.7 Å². The molecule has 2 rings (SSSR count). The molecule has 2 aromatic carbocycles. The van der Waals surface area contributed by atoms with Gasteiger partial charge in [-0.25, -0.2) is 0 Å². The Kier molecular flexibility index (Phi) is 30.9. The van der Waals surface area contributed by atoms with Crippen molar-refractivity contribution in [1.29, 1.82) is 0 Å². The number of rotatable bonds is 30. The van der Waals surface area contributed by atoms with Gasteiger partial charge in [0.05, 0.1) is 13.2 Å². The number of hydrogen-bond donors (Lipinski definition) is 0. The van der Waals surface area contributed by atoms with Gasteiger partial charge in [-0.1, -0.05) is 104 Å². The minimum atomic E-state index is -1.24. The van der Waals surface area contributed by atoms with E-state index < -0.39 is 23.8 Å². The van der Waals surface area contributed by atoms with Crippen LogP contribution in [0.3, 0.4) is 0 Å². The minimum absolute atomic E-state index is 0. The largest absolute Gasteiger partial charge is 2.00 e. The molecule has 0 radical (unpaired) electrons. The Balaban J connectivity index is 0.00000100. The van der Waals surface area contributed by atoms with Gasteiger partial charge in [0.1, 0.15) is 22.7 Å². The van der Waals surface area contributed by atoms with Crippen LogP contribution in [-0.2, 0) is 66.1 Å². The maximum absolute atomic E-state index is 11.7. The van der Waals surface area contributed by atoms with Crippen LogP contribution in [-0.4, -0.2) is 52.2 Å². The zero-order valence-corrected chi connectivity index (χ0v) is 36.5. The maximum atomic E-state index is 11.7. The van der Waals surface area contributed by atoms with Gasteiger partial charge in [-0.15, -0.1) is 0 Å². The fraction of sp³-hybridized carbons (Fsp3) is 0.714. The molecule has 0 aliphatic heterocycles. The SMILES string of the molecule is CCCCOc1cccc(C(C)(O[O-])C(OCCCC)OCCCC)c1.CCCCOc1cccc(C(C)(O[O-])C(OCCCC)OCCCC)c1.[Zr+2]. The summed E-state index contributed by atoms with van der Waals surface area (Å²) < 4.78 is 35.1. The Hall–Kier alpha value is -1.40. The third kappa shape index (κ3) is 19.3. The number of hydrogen-bond acceptors (Lipinski definition) is 10. The second-order valence-electron chi connectivity index (χ2n) is 13.4. The van der Waals surface area contributed by atoms with Crippen LogP contribution in [0.4, 0.5) is 0 Å². The van der Waals surface area contributed by atoms with E-state index in [2.05, 4.69) is 51.3 Å². The van der Waals surface area contributed by atoms with Crippen LogP contribution in [0.5, 0.6) is 11.5 Å². The van der Waals surface area contributed by atoms with Crippen LogP contribution in [0.25, 0.3) is 0 Å². The summed E-state index contributed by atoms with van der Waals surface area (Å²) in [7, 11) is 0. The summed E-state index contributed by atoms with van der Waals surface area (Å²) in [5.74, 6) is 1.44. The topological polar surface area (TPSA) is 120 Å². The molecule has 0 spiro atoms. The Labute approximate surface area is 340 Å². The molecule has 302 valence electrons. The average molecular weight is 826 g/mol. The molecule has 0 N–H and O–H groups in total. The van der Waals surface area contributed by atoms with E-state index in [9.17, 15) is 10.5 Å².